The number of ether oxygens (including phenoxy) is 1. The fourth-order valence-corrected chi connectivity index (χ4v) is 2.40. The molecule has 21 heavy (non-hydrogen) atoms. The van der Waals surface area contributed by atoms with Gasteiger partial charge in [0.2, 0.25) is 0 Å². The number of anilines is 2. The summed E-state index contributed by atoms with van der Waals surface area (Å²) in [6.45, 7) is -0.686. The van der Waals surface area contributed by atoms with E-state index in [4.69, 9.17) is 5.73 Å². The summed E-state index contributed by atoms with van der Waals surface area (Å²) in [5.74, 6) is -1.46. The van der Waals surface area contributed by atoms with Crippen molar-refractivity contribution in [2.24, 2.45) is 0 Å². The van der Waals surface area contributed by atoms with Crippen LogP contribution in [-0.4, -0.2) is 18.1 Å². The maximum atomic E-state index is 13.4. The van der Waals surface area contributed by atoms with Crippen LogP contribution < -0.4 is 15.8 Å². The van der Waals surface area contributed by atoms with Gasteiger partial charge in [0.15, 0.2) is 11.6 Å². The molecule has 0 atom stereocenters. The van der Waals surface area contributed by atoms with Crippen molar-refractivity contribution >= 4 is 22.7 Å². The van der Waals surface area contributed by atoms with Crippen molar-refractivity contribution in [2.45, 2.75) is 20.0 Å². The van der Waals surface area contributed by atoms with Crippen LogP contribution in [0.4, 0.5) is 24.5 Å². The average Bonchev–Trinajstić information content (AvgIpc) is 2.80. The summed E-state index contributed by atoms with van der Waals surface area (Å²) in [6.07, 6.45) is 0.645. The maximum absolute atomic E-state index is 13.4. The van der Waals surface area contributed by atoms with Gasteiger partial charge in [0.05, 0.1) is 22.1 Å². The number of nitrogens with two attached hydrogens (primary N) is 1. The van der Waals surface area contributed by atoms with Crippen molar-refractivity contribution < 1.29 is 17.9 Å². The molecule has 8 heteroatoms. The molecule has 0 aliphatic carbocycles. The molecule has 0 aliphatic rings. The normalized spacial score (nSPS) is 10.9. The number of nitrogen functional groups attached to an aromatic ring is 1. The van der Waals surface area contributed by atoms with Gasteiger partial charge in [-0.3, -0.25) is 0 Å². The molecule has 0 saturated heterocycles. The number of thiazole rings is 1. The van der Waals surface area contributed by atoms with Crippen molar-refractivity contribution in [1.29, 1.82) is 0 Å². The van der Waals surface area contributed by atoms with Crippen LogP contribution in [0.3, 0.4) is 0 Å². The monoisotopic (exact) mass is 317 g/mol. The Morgan fingerprint density at radius 1 is 1.43 bits per heavy atom. The van der Waals surface area contributed by atoms with E-state index >= 15 is 0 Å². The molecule has 0 saturated carbocycles. The Kier molecular flexibility index (Phi) is 4.89. The fraction of sp³-hybridized carbons (Fsp3) is 0.308. The summed E-state index contributed by atoms with van der Waals surface area (Å²) < 4.78 is 41.8. The first kappa shape index (κ1) is 15.4. The van der Waals surface area contributed by atoms with E-state index in [2.05, 4.69) is 15.0 Å². The molecular formula is C13H14F3N3OS. The predicted molar refractivity (Wildman–Crippen MR) is 76.5 cm³/mol. The molecule has 0 radical (unpaired) electrons. The smallest absolute Gasteiger partial charge is 0.387 e. The Balaban J connectivity index is 2.01. The van der Waals surface area contributed by atoms with E-state index in [1.165, 1.54) is 0 Å². The molecule has 1 heterocycles. The standard InChI is InChI=1S/C13H14F3N3OS/c1-7-19-8(6-21-7)2-3-18-11-5-12(20-13(15)16)9(14)4-10(11)17/h4-6,13,18H,2-3,17H2,1H3. The van der Waals surface area contributed by atoms with Crippen LogP contribution in [0.2, 0.25) is 0 Å². The number of nitrogens with zero attached hydrogens (tertiary/aromatic N) is 1. The van der Waals surface area contributed by atoms with Crippen molar-refractivity contribution in [3.05, 3.63) is 34.0 Å². The highest BCUT2D eigenvalue weighted by atomic mass is 32.1. The zero-order chi connectivity index (χ0) is 15.4. The lowest BCUT2D eigenvalue weighted by Crippen LogP contribution is -2.09. The Morgan fingerprint density at radius 2 is 2.19 bits per heavy atom. The Bertz CT molecular complexity index is 619. The lowest BCUT2D eigenvalue weighted by atomic mass is 10.2. The molecule has 2 rings (SSSR count). The van der Waals surface area contributed by atoms with Crippen LogP contribution in [0.15, 0.2) is 17.5 Å². The van der Waals surface area contributed by atoms with Gasteiger partial charge in [0, 0.05) is 30.5 Å². The van der Waals surface area contributed by atoms with E-state index in [9.17, 15) is 13.2 Å². The largest absolute Gasteiger partial charge is 0.432 e. The molecule has 1 aromatic carbocycles. The molecule has 0 unspecified atom stereocenters. The molecule has 3 N–H and O–H groups in total. The molecule has 0 amide bonds. The van der Waals surface area contributed by atoms with Gasteiger partial charge in [-0.05, 0) is 6.92 Å². The maximum Gasteiger partial charge on any atom is 0.387 e. The van der Waals surface area contributed by atoms with Crippen molar-refractivity contribution in [1.82, 2.24) is 4.98 Å². The minimum Gasteiger partial charge on any atom is -0.432 e. The number of aryl methyl sites for hydroxylation is 1. The first-order chi connectivity index (χ1) is 9.95. The second-order valence-electron chi connectivity index (χ2n) is 4.28. The van der Waals surface area contributed by atoms with Gasteiger partial charge in [0.25, 0.3) is 0 Å². The van der Waals surface area contributed by atoms with Gasteiger partial charge >= 0.3 is 6.61 Å². The lowest BCUT2D eigenvalue weighted by molar-refractivity contribution is -0.0521. The average molecular weight is 317 g/mol. The first-order valence-corrected chi connectivity index (χ1v) is 7.02. The van der Waals surface area contributed by atoms with Crippen LogP contribution in [0.25, 0.3) is 0 Å². The highest BCUT2D eigenvalue weighted by Crippen LogP contribution is 2.29. The third-order valence-electron chi connectivity index (χ3n) is 2.68. The van der Waals surface area contributed by atoms with E-state index in [-0.39, 0.29) is 5.69 Å². The van der Waals surface area contributed by atoms with Gasteiger partial charge in [-0.25, -0.2) is 9.37 Å². The summed E-state index contributed by atoms with van der Waals surface area (Å²) in [7, 11) is 0. The SMILES string of the molecule is Cc1nc(CCNc2cc(OC(F)F)c(F)cc2N)cs1. The molecule has 114 valence electrons. The second kappa shape index (κ2) is 6.66. The van der Waals surface area contributed by atoms with Gasteiger partial charge in [-0.2, -0.15) is 8.78 Å². The summed E-state index contributed by atoms with van der Waals surface area (Å²) in [6, 6.07) is 2.08. The topological polar surface area (TPSA) is 60.2 Å². The molecular weight excluding hydrogens is 303 g/mol. The van der Waals surface area contributed by atoms with Crippen molar-refractivity contribution in [3.63, 3.8) is 0 Å². The van der Waals surface area contributed by atoms with E-state index in [1.54, 1.807) is 11.3 Å². The molecule has 1 aromatic heterocycles. The van der Waals surface area contributed by atoms with Crippen LogP contribution in [0.5, 0.6) is 5.75 Å². The second-order valence-corrected chi connectivity index (χ2v) is 5.35. The fourth-order valence-electron chi connectivity index (χ4n) is 1.76. The molecule has 0 bridgehead atoms. The third kappa shape index (κ3) is 4.25. The number of hydrogen-bond acceptors (Lipinski definition) is 5. The first-order valence-electron chi connectivity index (χ1n) is 6.14. The summed E-state index contributed by atoms with van der Waals surface area (Å²) in [5.41, 5.74) is 7.05. The molecule has 2 aromatic rings. The Hall–Kier alpha value is -1.96. The summed E-state index contributed by atoms with van der Waals surface area (Å²) >= 11 is 1.55. The number of aromatic nitrogens is 1. The molecule has 4 nitrogen and oxygen atoms in total. The van der Waals surface area contributed by atoms with Gasteiger partial charge in [0.1, 0.15) is 0 Å². The molecule has 0 aliphatic heterocycles. The number of hydrogen-bond donors (Lipinski definition) is 2. The van der Waals surface area contributed by atoms with Gasteiger partial charge < -0.3 is 15.8 Å². The van der Waals surface area contributed by atoms with Crippen LogP contribution in [-0.2, 0) is 6.42 Å². The zero-order valence-corrected chi connectivity index (χ0v) is 12.0. The lowest BCUT2D eigenvalue weighted by Gasteiger charge is -2.12. The number of rotatable bonds is 6. The van der Waals surface area contributed by atoms with Crippen molar-refractivity contribution in [2.75, 3.05) is 17.6 Å². The number of alkyl halides is 2. The van der Waals surface area contributed by atoms with E-state index in [0.29, 0.717) is 18.7 Å². The number of benzene rings is 1. The quantitative estimate of drug-likeness (QED) is 0.801. The van der Waals surface area contributed by atoms with Crippen LogP contribution in [0.1, 0.15) is 10.7 Å². The van der Waals surface area contributed by atoms with Gasteiger partial charge in [-0.15, -0.1) is 11.3 Å². The summed E-state index contributed by atoms with van der Waals surface area (Å²) in [4.78, 5) is 4.30. The van der Waals surface area contributed by atoms with Gasteiger partial charge in [-0.1, -0.05) is 0 Å². The van der Waals surface area contributed by atoms with E-state index < -0.39 is 18.2 Å². The minimum absolute atomic E-state index is 0.128. The van der Waals surface area contributed by atoms with Crippen molar-refractivity contribution in [3.8, 4) is 5.75 Å². The third-order valence-corrected chi connectivity index (χ3v) is 3.51. The predicted octanol–water partition coefficient (Wildman–Crippen LogP) is 3.43. The van der Waals surface area contributed by atoms with E-state index in [1.807, 2.05) is 12.3 Å². The highest BCUT2D eigenvalue weighted by molar-refractivity contribution is 7.09. The Morgan fingerprint density at radius 3 is 2.81 bits per heavy atom. The number of halogens is 3. The summed E-state index contributed by atoms with van der Waals surface area (Å²) in [5, 5.41) is 5.87. The van der Waals surface area contributed by atoms with Crippen LogP contribution in [0, 0.1) is 12.7 Å². The van der Waals surface area contributed by atoms with Crippen LogP contribution >= 0.6 is 11.3 Å². The number of nitrogens with one attached hydrogen (secondary N) is 1. The zero-order valence-electron chi connectivity index (χ0n) is 11.2. The minimum atomic E-state index is -3.09. The van der Waals surface area contributed by atoms with E-state index in [0.717, 1.165) is 22.8 Å². The molecule has 0 spiro atoms. The Labute approximate surface area is 123 Å². The molecule has 0 fully saturated rings. The highest BCUT2D eigenvalue weighted by Gasteiger charge is 2.13.